The molecule has 0 unspecified atom stereocenters. The van der Waals surface area contributed by atoms with Crippen LogP contribution in [-0.2, 0) is 19.6 Å². The standard InChI is InChI=1S/C20H26N4O2.2ClH/c1-20(2,23-11-18-13(12-25)4-7-19(21)24-18)9-14-10-22-17-6-5-15(26-3)8-16(14)17;;/h4-8,10,22-23,25H,9,11-12H2,1-3H3,(H2,21,24);2*1H. The van der Waals surface area contributed by atoms with Gasteiger partial charge in [-0.25, -0.2) is 4.98 Å². The zero-order valence-corrected chi connectivity index (χ0v) is 17.9. The first-order chi connectivity index (χ1) is 12.4. The number of nitrogens with zero attached hydrogens (tertiary/aromatic N) is 1. The van der Waals surface area contributed by atoms with Crippen molar-refractivity contribution in [3.05, 3.63) is 53.3 Å². The fourth-order valence-electron chi connectivity index (χ4n) is 3.14. The van der Waals surface area contributed by atoms with Crippen molar-refractivity contribution in [1.82, 2.24) is 15.3 Å². The first-order valence-electron chi connectivity index (χ1n) is 8.66. The second-order valence-corrected chi connectivity index (χ2v) is 7.14. The van der Waals surface area contributed by atoms with Crippen molar-refractivity contribution < 1.29 is 9.84 Å². The van der Waals surface area contributed by atoms with Crippen LogP contribution in [0.25, 0.3) is 10.9 Å². The molecule has 0 saturated carbocycles. The number of hydrogen-bond donors (Lipinski definition) is 4. The van der Waals surface area contributed by atoms with Crippen LogP contribution in [-0.4, -0.2) is 27.7 Å². The summed E-state index contributed by atoms with van der Waals surface area (Å²) in [5.74, 6) is 1.31. The molecule has 0 bridgehead atoms. The SMILES string of the molecule is COc1ccc2[nH]cc(CC(C)(C)NCc3nc(N)ccc3CO)c2c1.Cl.Cl. The lowest BCUT2D eigenvalue weighted by Crippen LogP contribution is -2.41. The number of benzene rings is 1. The lowest BCUT2D eigenvalue weighted by molar-refractivity contribution is 0.278. The maximum Gasteiger partial charge on any atom is 0.123 e. The number of fused-ring (bicyclic) bond motifs is 1. The largest absolute Gasteiger partial charge is 0.497 e. The first-order valence-corrected chi connectivity index (χ1v) is 8.66. The highest BCUT2D eigenvalue weighted by atomic mass is 35.5. The number of ether oxygens (including phenoxy) is 1. The van der Waals surface area contributed by atoms with E-state index >= 15 is 0 Å². The van der Waals surface area contributed by atoms with Crippen molar-refractivity contribution >= 4 is 41.5 Å². The number of methoxy groups -OCH3 is 1. The zero-order valence-electron chi connectivity index (χ0n) is 16.3. The predicted octanol–water partition coefficient (Wildman–Crippen LogP) is 3.60. The summed E-state index contributed by atoms with van der Waals surface area (Å²) in [5, 5.41) is 14.2. The second kappa shape index (κ2) is 9.98. The van der Waals surface area contributed by atoms with Gasteiger partial charge in [-0.05, 0) is 50.1 Å². The molecule has 3 rings (SSSR count). The van der Waals surface area contributed by atoms with Gasteiger partial charge in [-0.2, -0.15) is 0 Å². The topological polar surface area (TPSA) is 96.2 Å². The van der Waals surface area contributed by atoms with Gasteiger partial charge >= 0.3 is 0 Å². The Balaban J connectivity index is 0.00000196. The predicted molar refractivity (Wildman–Crippen MR) is 119 cm³/mol. The lowest BCUT2D eigenvalue weighted by atomic mass is 9.94. The number of nitrogens with one attached hydrogen (secondary N) is 2. The van der Waals surface area contributed by atoms with E-state index in [-0.39, 0.29) is 37.0 Å². The van der Waals surface area contributed by atoms with E-state index in [1.54, 1.807) is 13.2 Å². The smallest absolute Gasteiger partial charge is 0.123 e. The molecule has 0 aliphatic heterocycles. The van der Waals surface area contributed by atoms with Crippen LogP contribution in [0.5, 0.6) is 5.75 Å². The van der Waals surface area contributed by atoms with Gasteiger partial charge in [0.1, 0.15) is 11.6 Å². The van der Waals surface area contributed by atoms with E-state index in [4.69, 9.17) is 10.5 Å². The van der Waals surface area contributed by atoms with Crippen molar-refractivity contribution in [2.75, 3.05) is 12.8 Å². The Labute approximate surface area is 177 Å². The summed E-state index contributed by atoms with van der Waals surface area (Å²) in [6.07, 6.45) is 2.88. The molecule has 6 nitrogen and oxygen atoms in total. The van der Waals surface area contributed by atoms with Gasteiger partial charge in [0.2, 0.25) is 0 Å². The van der Waals surface area contributed by atoms with Gasteiger partial charge in [-0.15, -0.1) is 24.8 Å². The number of nitrogens with two attached hydrogens (primary N) is 1. The quantitative estimate of drug-likeness (QED) is 0.462. The molecule has 0 aliphatic carbocycles. The van der Waals surface area contributed by atoms with Crippen LogP contribution < -0.4 is 15.8 Å². The number of pyridine rings is 1. The summed E-state index contributed by atoms with van der Waals surface area (Å²) >= 11 is 0. The summed E-state index contributed by atoms with van der Waals surface area (Å²) in [6.45, 7) is 4.79. The molecule has 0 amide bonds. The van der Waals surface area contributed by atoms with E-state index in [1.807, 2.05) is 24.4 Å². The molecule has 5 N–H and O–H groups in total. The first kappa shape index (κ1) is 24.0. The number of rotatable bonds is 7. The molecule has 0 saturated heterocycles. The molecule has 3 aromatic rings. The molecule has 0 spiro atoms. The summed E-state index contributed by atoms with van der Waals surface area (Å²) in [7, 11) is 1.68. The third-order valence-electron chi connectivity index (χ3n) is 4.60. The average molecular weight is 427 g/mol. The highest BCUT2D eigenvalue weighted by Crippen LogP contribution is 2.26. The van der Waals surface area contributed by atoms with Crippen LogP contribution in [0.3, 0.4) is 0 Å². The van der Waals surface area contributed by atoms with E-state index in [1.165, 1.54) is 5.56 Å². The summed E-state index contributed by atoms with van der Waals surface area (Å²) < 4.78 is 5.35. The number of aliphatic hydroxyl groups excluding tert-OH is 1. The van der Waals surface area contributed by atoms with Crippen molar-refractivity contribution in [2.24, 2.45) is 0 Å². The molecule has 1 aromatic carbocycles. The fraction of sp³-hybridized carbons (Fsp3) is 0.350. The molecule has 2 heterocycles. The number of nitrogen functional groups attached to an aromatic ring is 1. The van der Waals surface area contributed by atoms with E-state index in [0.29, 0.717) is 12.4 Å². The molecule has 0 aliphatic rings. The Morgan fingerprint density at radius 1 is 1.18 bits per heavy atom. The maximum atomic E-state index is 9.49. The Bertz CT molecular complexity index is 912. The summed E-state index contributed by atoms with van der Waals surface area (Å²) in [4.78, 5) is 7.67. The lowest BCUT2D eigenvalue weighted by Gasteiger charge is -2.26. The van der Waals surface area contributed by atoms with Crippen LogP contribution in [0, 0.1) is 0 Å². The number of halogens is 2. The monoisotopic (exact) mass is 426 g/mol. The van der Waals surface area contributed by atoms with Crippen LogP contribution in [0.15, 0.2) is 36.5 Å². The number of aromatic nitrogens is 2. The maximum absolute atomic E-state index is 9.49. The van der Waals surface area contributed by atoms with Gasteiger partial charge in [0.25, 0.3) is 0 Å². The number of hydrogen-bond acceptors (Lipinski definition) is 5. The summed E-state index contributed by atoms with van der Waals surface area (Å²) in [6, 6.07) is 9.56. The van der Waals surface area contributed by atoms with Gasteiger partial charge in [-0.3, -0.25) is 0 Å². The summed E-state index contributed by atoms with van der Waals surface area (Å²) in [5.41, 5.74) is 9.50. The van der Waals surface area contributed by atoms with E-state index in [9.17, 15) is 5.11 Å². The van der Waals surface area contributed by atoms with Crippen LogP contribution >= 0.6 is 24.8 Å². The molecular formula is C20H28Cl2N4O2. The van der Waals surface area contributed by atoms with Gasteiger partial charge in [0.05, 0.1) is 19.4 Å². The Morgan fingerprint density at radius 3 is 2.61 bits per heavy atom. The molecule has 2 aromatic heterocycles. The van der Waals surface area contributed by atoms with E-state index in [2.05, 4.69) is 35.2 Å². The third kappa shape index (κ3) is 5.52. The van der Waals surface area contributed by atoms with Crippen molar-refractivity contribution in [1.29, 1.82) is 0 Å². The average Bonchev–Trinajstić information content (AvgIpc) is 3.01. The van der Waals surface area contributed by atoms with E-state index in [0.717, 1.165) is 34.3 Å². The Morgan fingerprint density at radius 2 is 1.93 bits per heavy atom. The Kier molecular flexibility index (Phi) is 8.57. The molecule has 0 radical (unpaired) electrons. The minimum absolute atomic E-state index is 0. The number of anilines is 1. The second-order valence-electron chi connectivity index (χ2n) is 7.14. The van der Waals surface area contributed by atoms with E-state index < -0.39 is 0 Å². The third-order valence-corrected chi connectivity index (χ3v) is 4.60. The number of H-pyrrole nitrogens is 1. The van der Waals surface area contributed by atoms with Gasteiger partial charge in [0.15, 0.2) is 0 Å². The van der Waals surface area contributed by atoms with Gasteiger partial charge in [0, 0.05) is 34.7 Å². The number of aliphatic hydroxyl groups is 1. The molecular weight excluding hydrogens is 399 g/mol. The molecule has 28 heavy (non-hydrogen) atoms. The Hall–Kier alpha value is -1.99. The fourth-order valence-corrected chi connectivity index (χ4v) is 3.14. The number of aromatic amines is 1. The van der Waals surface area contributed by atoms with Crippen LogP contribution in [0.2, 0.25) is 0 Å². The zero-order chi connectivity index (χ0) is 18.7. The highest BCUT2D eigenvalue weighted by Gasteiger charge is 2.21. The minimum Gasteiger partial charge on any atom is -0.497 e. The normalized spacial score (nSPS) is 11.0. The van der Waals surface area contributed by atoms with Crippen LogP contribution in [0.1, 0.15) is 30.7 Å². The van der Waals surface area contributed by atoms with Crippen molar-refractivity contribution in [3.8, 4) is 5.75 Å². The minimum atomic E-state index is -0.169. The molecule has 154 valence electrons. The van der Waals surface area contributed by atoms with Crippen molar-refractivity contribution in [3.63, 3.8) is 0 Å². The highest BCUT2D eigenvalue weighted by molar-refractivity contribution is 5.86. The van der Waals surface area contributed by atoms with Gasteiger partial charge in [-0.1, -0.05) is 6.07 Å². The molecule has 0 atom stereocenters. The van der Waals surface area contributed by atoms with Crippen molar-refractivity contribution in [2.45, 2.75) is 39.0 Å². The van der Waals surface area contributed by atoms with Crippen LogP contribution in [0.4, 0.5) is 5.82 Å². The molecule has 0 fully saturated rings. The molecule has 8 heteroatoms. The van der Waals surface area contributed by atoms with Gasteiger partial charge < -0.3 is 25.9 Å².